The molecule has 5 aromatic rings. The van der Waals surface area contributed by atoms with Crippen molar-refractivity contribution in [3.8, 4) is 17.2 Å². The van der Waals surface area contributed by atoms with Crippen molar-refractivity contribution in [1.29, 1.82) is 0 Å². The molecular weight excluding hydrogens is 466 g/mol. The topological polar surface area (TPSA) is 104 Å². The molecule has 176 valence electrons. The van der Waals surface area contributed by atoms with Gasteiger partial charge < -0.3 is 20.5 Å². The molecule has 0 bridgehead atoms. The van der Waals surface area contributed by atoms with Gasteiger partial charge in [0.05, 0.1) is 25.3 Å². The zero-order valence-electron chi connectivity index (χ0n) is 19.1. The minimum Gasteiger partial charge on any atom is -0.493 e. The van der Waals surface area contributed by atoms with Gasteiger partial charge in [0.1, 0.15) is 16.9 Å². The first-order valence-corrected chi connectivity index (χ1v) is 11.2. The van der Waals surface area contributed by atoms with Crippen LogP contribution in [-0.2, 0) is 6.54 Å². The van der Waals surface area contributed by atoms with Crippen molar-refractivity contribution in [1.82, 2.24) is 19.9 Å². The van der Waals surface area contributed by atoms with Gasteiger partial charge in [-0.15, -0.1) is 0 Å². The van der Waals surface area contributed by atoms with E-state index in [1.807, 2.05) is 48.5 Å². The van der Waals surface area contributed by atoms with Gasteiger partial charge in [0, 0.05) is 22.8 Å². The Hall–Kier alpha value is -4.30. The summed E-state index contributed by atoms with van der Waals surface area (Å²) in [6, 6.07) is 20.1. The Balaban J connectivity index is 1.62. The standard InChI is InChI=1S/C26H22ClN5O3/c1-34-20-9-5-6-15(23(20)35-2)14-29-26(33)21-22-25(31-19-8-4-3-7-18(19)30-22)32(24(21)28)17-12-10-16(27)11-13-17/h3-13H,14,28H2,1-2H3,(H,29,33). The molecule has 5 rings (SSSR count). The second kappa shape index (κ2) is 9.15. The number of anilines is 1. The van der Waals surface area contributed by atoms with Gasteiger partial charge in [-0.05, 0) is 42.5 Å². The number of nitrogens with one attached hydrogen (secondary N) is 1. The number of aromatic nitrogens is 3. The van der Waals surface area contributed by atoms with Crippen LogP contribution in [0.3, 0.4) is 0 Å². The quantitative estimate of drug-likeness (QED) is 0.358. The first-order valence-electron chi connectivity index (χ1n) is 10.8. The number of benzene rings is 3. The lowest BCUT2D eigenvalue weighted by molar-refractivity contribution is 0.0953. The normalized spacial score (nSPS) is 11.1. The van der Waals surface area contributed by atoms with Gasteiger partial charge in [0.15, 0.2) is 17.1 Å². The van der Waals surface area contributed by atoms with Gasteiger partial charge in [0.25, 0.3) is 5.91 Å². The molecular formula is C26H22ClN5O3. The maximum absolute atomic E-state index is 13.5. The predicted octanol–water partition coefficient (Wildman–Crippen LogP) is 4.76. The molecule has 1 amide bonds. The van der Waals surface area contributed by atoms with Crippen molar-refractivity contribution in [2.45, 2.75) is 6.54 Å². The van der Waals surface area contributed by atoms with Gasteiger partial charge >= 0.3 is 0 Å². The highest BCUT2D eigenvalue weighted by Gasteiger charge is 2.25. The number of halogens is 1. The summed E-state index contributed by atoms with van der Waals surface area (Å²) in [5, 5.41) is 3.53. The van der Waals surface area contributed by atoms with Crippen LogP contribution < -0.4 is 20.5 Å². The fourth-order valence-corrected chi connectivity index (χ4v) is 4.22. The van der Waals surface area contributed by atoms with Crippen molar-refractivity contribution in [3.05, 3.63) is 82.9 Å². The number of fused-ring (bicyclic) bond motifs is 2. The van der Waals surface area contributed by atoms with Crippen LogP contribution in [0.4, 0.5) is 5.82 Å². The minimum absolute atomic E-state index is 0.202. The molecule has 3 N–H and O–H groups in total. The number of nitrogen functional groups attached to an aromatic ring is 1. The van der Waals surface area contributed by atoms with Crippen molar-refractivity contribution in [2.24, 2.45) is 0 Å². The summed E-state index contributed by atoms with van der Waals surface area (Å²) in [6.07, 6.45) is 0. The van der Waals surface area contributed by atoms with E-state index in [-0.39, 0.29) is 23.8 Å². The summed E-state index contributed by atoms with van der Waals surface area (Å²) in [4.78, 5) is 23.0. The number of nitrogens with two attached hydrogens (primary N) is 1. The molecule has 0 aliphatic rings. The van der Waals surface area contributed by atoms with Crippen molar-refractivity contribution >= 4 is 45.5 Å². The van der Waals surface area contributed by atoms with Gasteiger partial charge in [-0.1, -0.05) is 35.9 Å². The van der Waals surface area contributed by atoms with Crippen molar-refractivity contribution < 1.29 is 14.3 Å². The monoisotopic (exact) mass is 487 g/mol. The molecule has 2 aromatic heterocycles. The Morgan fingerprint density at radius 1 is 0.971 bits per heavy atom. The Labute approximate surface area is 206 Å². The third-order valence-electron chi connectivity index (χ3n) is 5.73. The number of hydrogen-bond donors (Lipinski definition) is 2. The van der Waals surface area contributed by atoms with Gasteiger partial charge in [-0.25, -0.2) is 9.97 Å². The van der Waals surface area contributed by atoms with Crippen molar-refractivity contribution in [3.63, 3.8) is 0 Å². The van der Waals surface area contributed by atoms with Crippen molar-refractivity contribution in [2.75, 3.05) is 20.0 Å². The van der Waals surface area contributed by atoms with Crippen LogP contribution in [0, 0.1) is 0 Å². The lowest BCUT2D eigenvalue weighted by Crippen LogP contribution is -2.24. The molecule has 0 saturated carbocycles. The van der Waals surface area contributed by atoms with Gasteiger partial charge in [0.2, 0.25) is 0 Å². The number of rotatable bonds is 6. The second-order valence-electron chi connectivity index (χ2n) is 7.79. The molecule has 0 atom stereocenters. The Bertz CT molecular complexity index is 1560. The SMILES string of the molecule is COc1cccc(CNC(=O)c2c(N)n(-c3ccc(Cl)cc3)c3nc4ccccc4nc23)c1OC. The molecule has 0 aliphatic carbocycles. The van der Waals surface area contributed by atoms with E-state index in [0.29, 0.717) is 38.7 Å². The largest absolute Gasteiger partial charge is 0.493 e. The highest BCUT2D eigenvalue weighted by Crippen LogP contribution is 2.33. The molecule has 8 nitrogen and oxygen atoms in total. The van der Waals surface area contributed by atoms with Crippen LogP contribution in [0.1, 0.15) is 15.9 Å². The number of carbonyl (C=O) groups excluding carboxylic acids is 1. The van der Waals surface area contributed by atoms with Gasteiger partial charge in [-0.2, -0.15) is 0 Å². The van der Waals surface area contributed by atoms with Crippen LogP contribution >= 0.6 is 11.6 Å². The maximum Gasteiger partial charge on any atom is 0.257 e. The average molecular weight is 488 g/mol. The van der Waals surface area contributed by atoms with Gasteiger partial charge in [-0.3, -0.25) is 9.36 Å². The summed E-state index contributed by atoms with van der Waals surface area (Å²) in [6.45, 7) is 0.202. The molecule has 9 heteroatoms. The number of hydrogen-bond acceptors (Lipinski definition) is 6. The number of para-hydroxylation sites is 3. The van der Waals surface area contributed by atoms with E-state index in [1.165, 1.54) is 0 Å². The summed E-state index contributed by atoms with van der Waals surface area (Å²) >= 11 is 6.08. The lowest BCUT2D eigenvalue weighted by atomic mass is 10.1. The second-order valence-corrected chi connectivity index (χ2v) is 8.23. The van der Waals surface area contributed by atoms with E-state index in [4.69, 9.17) is 36.8 Å². The number of ether oxygens (including phenoxy) is 2. The fraction of sp³-hybridized carbons (Fsp3) is 0.115. The molecule has 0 spiro atoms. The molecule has 0 radical (unpaired) electrons. The van der Waals surface area contributed by atoms with E-state index in [2.05, 4.69) is 5.32 Å². The maximum atomic E-state index is 13.5. The first-order chi connectivity index (χ1) is 17.0. The molecule has 3 aromatic carbocycles. The zero-order valence-corrected chi connectivity index (χ0v) is 19.8. The molecule has 0 fully saturated rings. The fourth-order valence-electron chi connectivity index (χ4n) is 4.09. The Kier molecular flexibility index (Phi) is 5.88. The summed E-state index contributed by atoms with van der Waals surface area (Å²) in [7, 11) is 3.12. The van der Waals surface area contributed by atoms with E-state index in [0.717, 1.165) is 11.3 Å². The summed E-state index contributed by atoms with van der Waals surface area (Å²) < 4.78 is 12.6. The molecule has 0 aliphatic heterocycles. The van der Waals surface area contributed by atoms with E-state index in [1.54, 1.807) is 37.0 Å². The molecule has 2 heterocycles. The Morgan fingerprint density at radius 3 is 2.37 bits per heavy atom. The van der Waals surface area contributed by atoms with Crippen LogP contribution in [0.5, 0.6) is 11.5 Å². The number of methoxy groups -OCH3 is 2. The third-order valence-corrected chi connectivity index (χ3v) is 5.99. The van der Waals surface area contributed by atoms with Crippen LogP contribution in [0.15, 0.2) is 66.7 Å². The first kappa shape index (κ1) is 22.5. The Morgan fingerprint density at radius 2 is 1.69 bits per heavy atom. The highest BCUT2D eigenvalue weighted by molar-refractivity contribution is 6.30. The smallest absolute Gasteiger partial charge is 0.257 e. The van der Waals surface area contributed by atoms with Crippen LogP contribution in [-0.4, -0.2) is 34.7 Å². The molecule has 0 unspecified atom stereocenters. The minimum atomic E-state index is -0.380. The van der Waals surface area contributed by atoms with Crippen LogP contribution in [0.25, 0.3) is 27.9 Å². The molecule has 0 saturated heterocycles. The lowest BCUT2D eigenvalue weighted by Gasteiger charge is -2.13. The van der Waals surface area contributed by atoms with E-state index in [9.17, 15) is 4.79 Å². The predicted molar refractivity (Wildman–Crippen MR) is 137 cm³/mol. The van der Waals surface area contributed by atoms with E-state index < -0.39 is 0 Å². The number of carbonyl (C=O) groups is 1. The summed E-state index contributed by atoms with van der Waals surface area (Å²) in [5.41, 5.74) is 10.5. The highest BCUT2D eigenvalue weighted by atomic mass is 35.5. The van der Waals surface area contributed by atoms with E-state index >= 15 is 0 Å². The van der Waals surface area contributed by atoms with Crippen LogP contribution in [0.2, 0.25) is 5.02 Å². The number of amides is 1. The number of nitrogens with zero attached hydrogens (tertiary/aromatic N) is 3. The average Bonchev–Trinajstić information content (AvgIpc) is 3.16. The molecule has 35 heavy (non-hydrogen) atoms. The summed E-state index contributed by atoms with van der Waals surface area (Å²) in [5.74, 6) is 0.982. The zero-order chi connectivity index (χ0) is 24.5. The third kappa shape index (κ3) is 3.98.